The molecule has 0 atom stereocenters. The van der Waals surface area contributed by atoms with E-state index in [1.54, 1.807) is 86.4 Å². The molecule has 2 amide bonds. The third-order valence-electron chi connectivity index (χ3n) is 12.3. The molecule has 0 radical (unpaired) electrons. The predicted octanol–water partition coefficient (Wildman–Crippen LogP) is 9.87. The molecule has 0 saturated heterocycles. The molecule has 11 heterocycles. The summed E-state index contributed by atoms with van der Waals surface area (Å²) in [5, 5.41) is 22.2. The van der Waals surface area contributed by atoms with Crippen molar-refractivity contribution in [2.24, 2.45) is 5.92 Å². The molecule has 0 aliphatic heterocycles. The molecule has 12 aromatic rings. The SMILES string of the molecule is CCCC(=O)Nc1cncc(-c2cnc3n[nH]c(-c4nc5c(-c6ccccc6F)cncc5[nH]4)c3c2)c1.O=C(Nc1cncc(-c2cnc3n[nH]c(-c4nc5c(-c6ccccn6)cncc5[nH]4)c3c2)c1)C1CC1. The number of carbonyl (C=O) groups excluding carboxylic acids is 2. The van der Waals surface area contributed by atoms with E-state index in [0.717, 1.165) is 74.6 Å². The molecular weight excluding hydrogens is 926 g/mol. The van der Waals surface area contributed by atoms with E-state index in [9.17, 15) is 14.0 Å². The zero-order valence-electron chi connectivity index (χ0n) is 38.7. The van der Waals surface area contributed by atoms with Crippen LogP contribution < -0.4 is 10.6 Å². The topological polar surface area (TPSA) is 263 Å². The minimum absolute atomic E-state index is 0.0455. The van der Waals surface area contributed by atoms with Gasteiger partial charge < -0.3 is 20.6 Å². The first-order valence-electron chi connectivity index (χ1n) is 23.4. The highest BCUT2D eigenvalue weighted by Crippen LogP contribution is 2.35. The van der Waals surface area contributed by atoms with E-state index < -0.39 is 0 Å². The van der Waals surface area contributed by atoms with E-state index in [1.165, 1.54) is 6.07 Å². The lowest BCUT2D eigenvalue weighted by Crippen LogP contribution is -2.13. The van der Waals surface area contributed by atoms with Crippen LogP contribution in [0.2, 0.25) is 0 Å². The number of aromatic nitrogens is 15. The van der Waals surface area contributed by atoms with Gasteiger partial charge in [0.2, 0.25) is 11.8 Å². The minimum Gasteiger partial charge on any atom is -0.335 e. The van der Waals surface area contributed by atoms with Crippen molar-refractivity contribution in [3.8, 4) is 67.7 Å². The van der Waals surface area contributed by atoms with Crippen molar-refractivity contribution in [2.45, 2.75) is 32.6 Å². The van der Waals surface area contributed by atoms with Crippen molar-refractivity contribution in [1.82, 2.24) is 75.2 Å². The van der Waals surface area contributed by atoms with Gasteiger partial charge in [-0.2, -0.15) is 10.2 Å². The number of pyridine rings is 7. The number of hydrogen-bond acceptors (Lipinski definition) is 13. The van der Waals surface area contributed by atoms with E-state index in [4.69, 9.17) is 9.97 Å². The number of amides is 2. The molecule has 1 aromatic carbocycles. The van der Waals surface area contributed by atoms with Crippen LogP contribution in [0.4, 0.5) is 15.8 Å². The molecule has 20 heteroatoms. The van der Waals surface area contributed by atoms with Crippen molar-refractivity contribution >= 4 is 67.3 Å². The maximum Gasteiger partial charge on any atom is 0.227 e. The number of benzene rings is 1. The van der Waals surface area contributed by atoms with Gasteiger partial charge in [-0.3, -0.25) is 44.7 Å². The first-order valence-corrected chi connectivity index (χ1v) is 23.4. The van der Waals surface area contributed by atoms with Crippen LogP contribution in [0.15, 0.2) is 135 Å². The van der Waals surface area contributed by atoms with Gasteiger partial charge in [0.1, 0.15) is 28.2 Å². The molecule has 1 fully saturated rings. The number of hydrogen-bond donors (Lipinski definition) is 6. The summed E-state index contributed by atoms with van der Waals surface area (Å²) in [5.74, 6) is 0.924. The zero-order valence-corrected chi connectivity index (χ0v) is 38.7. The zero-order chi connectivity index (χ0) is 49.4. The minimum atomic E-state index is -0.344. The summed E-state index contributed by atoms with van der Waals surface area (Å²) >= 11 is 0. The second-order valence-corrected chi connectivity index (χ2v) is 17.4. The van der Waals surface area contributed by atoms with Gasteiger partial charge in [0, 0.05) is 94.7 Å². The highest BCUT2D eigenvalue weighted by atomic mass is 19.1. The van der Waals surface area contributed by atoms with E-state index in [1.807, 2.05) is 49.4 Å². The van der Waals surface area contributed by atoms with Crippen LogP contribution in [0.1, 0.15) is 32.6 Å². The normalized spacial score (nSPS) is 12.3. The van der Waals surface area contributed by atoms with Crippen LogP contribution >= 0.6 is 0 Å². The van der Waals surface area contributed by atoms with E-state index >= 15 is 0 Å². The molecule has 19 nitrogen and oxygen atoms in total. The lowest BCUT2D eigenvalue weighted by Gasteiger charge is -2.07. The molecule has 1 saturated carbocycles. The quantitative estimate of drug-likeness (QED) is 0.0706. The second-order valence-electron chi connectivity index (χ2n) is 17.4. The van der Waals surface area contributed by atoms with Crippen LogP contribution in [-0.2, 0) is 9.59 Å². The maximum atomic E-state index is 14.5. The number of anilines is 2. The molecule has 356 valence electrons. The lowest BCUT2D eigenvalue weighted by atomic mass is 10.1. The Morgan fingerprint density at radius 1 is 0.603 bits per heavy atom. The third-order valence-corrected chi connectivity index (χ3v) is 12.3. The number of halogens is 1. The van der Waals surface area contributed by atoms with E-state index in [0.29, 0.717) is 74.3 Å². The molecular formula is C53H40FN17O2. The second kappa shape index (κ2) is 18.7. The number of carbonyl (C=O) groups is 2. The molecule has 11 aromatic heterocycles. The van der Waals surface area contributed by atoms with Crippen LogP contribution in [-0.4, -0.2) is 87.0 Å². The molecule has 6 N–H and O–H groups in total. The van der Waals surface area contributed by atoms with E-state index in [-0.39, 0.29) is 23.5 Å². The van der Waals surface area contributed by atoms with Gasteiger partial charge in [-0.1, -0.05) is 31.2 Å². The predicted molar refractivity (Wildman–Crippen MR) is 274 cm³/mol. The van der Waals surface area contributed by atoms with Gasteiger partial charge in [-0.15, -0.1) is 0 Å². The highest BCUT2D eigenvalue weighted by Gasteiger charge is 2.29. The summed E-state index contributed by atoms with van der Waals surface area (Å²) in [5.41, 5.74) is 12.5. The summed E-state index contributed by atoms with van der Waals surface area (Å²) in [6, 6.07) is 20.0. The number of aromatic amines is 4. The molecule has 13 rings (SSSR count). The number of rotatable bonds is 11. The van der Waals surface area contributed by atoms with Gasteiger partial charge in [-0.25, -0.2) is 24.3 Å². The number of H-pyrrole nitrogens is 4. The lowest BCUT2D eigenvalue weighted by molar-refractivity contribution is -0.117. The fourth-order valence-electron chi connectivity index (χ4n) is 8.54. The third kappa shape index (κ3) is 8.84. The number of nitrogens with one attached hydrogen (secondary N) is 6. The molecule has 73 heavy (non-hydrogen) atoms. The van der Waals surface area contributed by atoms with Gasteiger partial charge in [0.05, 0.1) is 63.7 Å². The molecule has 0 spiro atoms. The van der Waals surface area contributed by atoms with Crippen molar-refractivity contribution in [1.29, 1.82) is 0 Å². The standard InChI is InChI=1S/C27H21FN8O.C26H19N9O/c1-2-5-23(37)32-17-8-15(10-29-12-17)16-9-19-25(35-36-26(19)31-11-16)27-33-22-14-30-13-20(24(22)34-27)18-6-3-4-7-21(18)28;36-26(14-4-5-14)31-17-7-15(9-27-11-17)16-8-18-23(34-35-24(18)30-10-16)25-32-21-13-28-12-19(22(21)33-25)20-3-1-2-6-29-20/h3-4,6-14H,2,5H2,1H3,(H,32,37)(H,33,34)(H,31,35,36);1-3,6-14H,4-5H2,(H,31,36)(H,32,33)(H,30,34,35). The van der Waals surface area contributed by atoms with Crippen molar-refractivity contribution in [2.75, 3.05) is 10.6 Å². The smallest absolute Gasteiger partial charge is 0.227 e. The van der Waals surface area contributed by atoms with Gasteiger partial charge in [0.25, 0.3) is 0 Å². The Balaban J connectivity index is 0.000000149. The maximum absolute atomic E-state index is 14.5. The highest BCUT2D eigenvalue weighted by molar-refractivity contribution is 5.99. The molecule has 0 bridgehead atoms. The van der Waals surface area contributed by atoms with Crippen molar-refractivity contribution in [3.63, 3.8) is 0 Å². The average molecular weight is 966 g/mol. The van der Waals surface area contributed by atoms with Crippen molar-refractivity contribution < 1.29 is 14.0 Å². The number of imidazole rings is 2. The summed E-state index contributed by atoms with van der Waals surface area (Å²) in [6.45, 7) is 1.96. The number of nitrogens with zero attached hydrogens (tertiary/aromatic N) is 11. The monoisotopic (exact) mass is 965 g/mol. The van der Waals surface area contributed by atoms with Crippen molar-refractivity contribution in [3.05, 3.63) is 141 Å². The summed E-state index contributed by atoms with van der Waals surface area (Å²) in [7, 11) is 0. The first-order chi connectivity index (χ1) is 35.8. The Hall–Kier alpha value is -9.98. The van der Waals surface area contributed by atoms with Crippen LogP contribution in [0.5, 0.6) is 0 Å². The number of fused-ring (bicyclic) bond motifs is 4. The van der Waals surface area contributed by atoms with Crippen LogP contribution in [0, 0.1) is 11.7 Å². The average Bonchev–Trinajstić information content (AvgIpc) is 3.68. The Morgan fingerprint density at radius 2 is 1.16 bits per heavy atom. The fourth-order valence-corrected chi connectivity index (χ4v) is 8.54. The molecule has 0 unspecified atom stereocenters. The first kappa shape index (κ1) is 44.2. The van der Waals surface area contributed by atoms with Gasteiger partial charge in [0.15, 0.2) is 22.9 Å². The van der Waals surface area contributed by atoms with Crippen LogP contribution in [0.3, 0.4) is 0 Å². The summed E-state index contributed by atoms with van der Waals surface area (Å²) in [6.07, 6.45) is 21.8. The Bertz CT molecular complexity index is 4050. The summed E-state index contributed by atoms with van der Waals surface area (Å²) < 4.78 is 14.5. The largest absolute Gasteiger partial charge is 0.335 e. The van der Waals surface area contributed by atoms with E-state index in [2.05, 4.69) is 75.9 Å². The fraction of sp³-hybridized carbons (Fsp3) is 0.113. The summed E-state index contributed by atoms with van der Waals surface area (Å²) in [4.78, 5) is 71.1. The Labute approximate surface area is 412 Å². The molecule has 1 aliphatic carbocycles. The molecule has 1 aliphatic rings. The Kier molecular flexibility index (Phi) is 11.4. The van der Waals surface area contributed by atoms with Gasteiger partial charge in [-0.05, 0) is 61.7 Å². The Morgan fingerprint density at radius 3 is 1.75 bits per heavy atom. The van der Waals surface area contributed by atoms with Crippen LogP contribution in [0.25, 0.3) is 112 Å². The van der Waals surface area contributed by atoms with Gasteiger partial charge >= 0.3 is 0 Å².